The molecule has 2 rings (SSSR count). The molecule has 0 bridgehead atoms. The highest BCUT2D eigenvalue weighted by molar-refractivity contribution is 6.30. The van der Waals surface area contributed by atoms with E-state index in [4.69, 9.17) is 20.8 Å². The third kappa shape index (κ3) is 4.04. The van der Waals surface area contributed by atoms with Gasteiger partial charge < -0.3 is 14.1 Å². The molecule has 118 valence electrons. The summed E-state index contributed by atoms with van der Waals surface area (Å²) in [6, 6.07) is 10.7. The van der Waals surface area contributed by atoms with Gasteiger partial charge in [0.15, 0.2) is 5.60 Å². The van der Waals surface area contributed by atoms with Gasteiger partial charge in [0.1, 0.15) is 17.3 Å². The number of benzene rings is 1. The van der Waals surface area contributed by atoms with E-state index in [1.165, 1.54) is 0 Å². The van der Waals surface area contributed by atoms with Gasteiger partial charge in [-0.15, -0.1) is 0 Å². The van der Waals surface area contributed by atoms with Crippen molar-refractivity contribution in [1.29, 1.82) is 0 Å². The van der Waals surface area contributed by atoms with Gasteiger partial charge in [-0.3, -0.25) is 4.79 Å². The lowest BCUT2D eigenvalue weighted by Gasteiger charge is -2.29. The van der Waals surface area contributed by atoms with Crippen LogP contribution in [-0.4, -0.2) is 23.5 Å². The monoisotopic (exact) mass is 321 g/mol. The summed E-state index contributed by atoms with van der Waals surface area (Å²) in [5, 5.41) is 0.627. The zero-order chi connectivity index (χ0) is 16.3. The van der Waals surface area contributed by atoms with Crippen molar-refractivity contribution >= 4 is 17.5 Å². The normalized spacial score (nSPS) is 11.3. The summed E-state index contributed by atoms with van der Waals surface area (Å²) in [6.07, 6.45) is 0. The van der Waals surface area contributed by atoms with Crippen LogP contribution in [-0.2, 0) is 11.3 Å². The maximum Gasteiger partial charge on any atom is 0.266 e. The number of rotatable bonds is 5. The van der Waals surface area contributed by atoms with Crippen molar-refractivity contribution in [2.75, 3.05) is 7.05 Å². The molecule has 5 heteroatoms. The Kier molecular flexibility index (Phi) is 4.81. The minimum absolute atomic E-state index is 0.128. The Bertz CT molecular complexity index is 646. The number of likely N-dealkylation sites (N-methyl/N-ethyl adjacent to an activating group) is 1. The molecule has 22 heavy (non-hydrogen) atoms. The van der Waals surface area contributed by atoms with Gasteiger partial charge in [-0.2, -0.15) is 0 Å². The number of carbonyl (C=O) groups excluding carboxylic acids is 1. The van der Waals surface area contributed by atoms with E-state index < -0.39 is 5.60 Å². The summed E-state index contributed by atoms with van der Waals surface area (Å²) in [6.45, 7) is 5.76. The van der Waals surface area contributed by atoms with Crippen molar-refractivity contribution in [3.63, 3.8) is 0 Å². The zero-order valence-corrected chi connectivity index (χ0v) is 14.0. The van der Waals surface area contributed by atoms with Crippen molar-refractivity contribution in [2.45, 2.75) is 32.9 Å². The molecule has 0 aliphatic heterocycles. The summed E-state index contributed by atoms with van der Waals surface area (Å²) in [5.41, 5.74) is -0.982. The van der Waals surface area contributed by atoms with Crippen LogP contribution in [0.1, 0.15) is 25.4 Å². The van der Waals surface area contributed by atoms with Crippen molar-refractivity contribution in [2.24, 2.45) is 0 Å². The van der Waals surface area contributed by atoms with Gasteiger partial charge in [-0.1, -0.05) is 11.6 Å². The van der Waals surface area contributed by atoms with Gasteiger partial charge >= 0.3 is 0 Å². The molecule has 2 aromatic rings. The quantitative estimate of drug-likeness (QED) is 0.834. The number of furan rings is 1. The second kappa shape index (κ2) is 6.44. The molecular weight excluding hydrogens is 302 g/mol. The smallest absolute Gasteiger partial charge is 0.266 e. The molecule has 0 spiro atoms. The molecule has 1 aromatic heterocycles. The van der Waals surface area contributed by atoms with Crippen LogP contribution in [0.3, 0.4) is 0 Å². The minimum Gasteiger partial charge on any atom is -0.478 e. The van der Waals surface area contributed by atoms with Crippen LogP contribution in [0.15, 0.2) is 40.8 Å². The molecule has 0 unspecified atom stereocenters. The molecule has 0 fully saturated rings. The van der Waals surface area contributed by atoms with Gasteiger partial charge in [0.2, 0.25) is 0 Å². The van der Waals surface area contributed by atoms with Gasteiger partial charge in [0, 0.05) is 12.1 Å². The zero-order valence-electron chi connectivity index (χ0n) is 13.2. The number of aryl methyl sites for hydroxylation is 1. The summed E-state index contributed by atoms with van der Waals surface area (Å²) in [5.74, 6) is 2.05. The maximum absolute atomic E-state index is 12.6. The maximum atomic E-state index is 12.6. The van der Waals surface area contributed by atoms with Crippen LogP contribution < -0.4 is 4.74 Å². The third-order valence-corrected chi connectivity index (χ3v) is 3.49. The molecular formula is C17H20ClNO3. The van der Waals surface area contributed by atoms with E-state index in [1.54, 1.807) is 50.1 Å². The summed E-state index contributed by atoms with van der Waals surface area (Å²) < 4.78 is 11.3. The van der Waals surface area contributed by atoms with E-state index in [9.17, 15) is 4.79 Å². The predicted molar refractivity (Wildman–Crippen MR) is 86.1 cm³/mol. The fraction of sp³-hybridized carbons (Fsp3) is 0.353. The van der Waals surface area contributed by atoms with Crippen LogP contribution in [0.25, 0.3) is 0 Å². The van der Waals surface area contributed by atoms with Crippen LogP contribution in [0, 0.1) is 6.92 Å². The predicted octanol–water partition coefficient (Wildman–Crippen LogP) is 4.06. The second-order valence-electron chi connectivity index (χ2n) is 5.74. The number of nitrogens with zero attached hydrogens (tertiary/aromatic N) is 1. The molecule has 0 saturated carbocycles. The van der Waals surface area contributed by atoms with Crippen LogP contribution in [0.5, 0.6) is 5.75 Å². The highest BCUT2D eigenvalue weighted by Crippen LogP contribution is 2.22. The first-order valence-electron chi connectivity index (χ1n) is 7.03. The average molecular weight is 322 g/mol. The molecule has 0 aliphatic carbocycles. The summed E-state index contributed by atoms with van der Waals surface area (Å²) >= 11 is 5.85. The van der Waals surface area contributed by atoms with Gasteiger partial charge in [0.25, 0.3) is 5.91 Å². The molecule has 0 radical (unpaired) electrons. The van der Waals surface area contributed by atoms with E-state index in [2.05, 4.69) is 0 Å². The Balaban J connectivity index is 2.03. The molecule has 0 atom stereocenters. The van der Waals surface area contributed by atoms with Crippen LogP contribution in [0.4, 0.5) is 0 Å². The van der Waals surface area contributed by atoms with Gasteiger partial charge in [-0.25, -0.2) is 0 Å². The molecule has 1 amide bonds. The third-order valence-electron chi connectivity index (χ3n) is 3.24. The van der Waals surface area contributed by atoms with Crippen molar-refractivity contribution in [3.05, 3.63) is 52.9 Å². The molecule has 0 N–H and O–H groups in total. The SMILES string of the molecule is Cc1ccc(CN(C)C(=O)C(C)(C)Oc2ccc(Cl)cc2)o1. The average Bonchev–Trinajstić information content (AvgIpc) is 2.85. The number of ether oxygens (including phenoxy) is 1. The highest BCUT2D eigenvalue weighted by Gasteiger charge is 2.33. The number of hydrogen-bond donors (Lipinski definition) is 0. The molecule has 0 aliphatic rings. The lowest BCUT2D eigenvalue weighted by Crippen LogP contribution is -2.47. The van der Waals surface area contributed by atoms with Crippen molar-refractivity contribution < 1.29 is 13.9 Å². The topological polar surface area (TPSA) is 42.7 Å². The minimum atomic E-state index is -0.982. The van der Waals surface area contributed by atoms with Crippen LogP contribution in [0.2, 0.25) is 5.02 Å². The number of halogens is 1. The summed E-state index contributed by atoms with van der Waals surface area (Å²) in [7, 11) is 1.73. The Hall–Kier alpha value is -1.94. The number of carbonyl (C=O) groups is 1. The Labute approximate surface area is 135 Å². The second-order valence-corrected chi connectivity index (χ2v) is 6.18. The van der Waals surface area contributed by atoms with Crippen molar-refractivity contribution in [1.82, 2.24) is 4.90 Å². The Morgan fingerprint density at radius 3 is 2.41 bits per heavy atom. The lowest BCUT2D eigenvalue weighted by molar-refractivity contribution is -0.144. The van der Waals surface area contributed by atoms with Gasteiger partial charge in [-0.05, 0) is 57.2 Å². The number of amides is 1. The van der Waals surface area contributed by atoms with Crippen LogP contribution >= 0.6 is 11.6 Å². The van der Waals surface area contributed by atoms with Crippen molar-refractivity contribution in [3.8, 4) is 5.75 Å². The van der Waals surface area contributed by atoms with E-state index in [0.29, 0.717) is 17.3 Å². The first-order chi connectivity index (χ1) is 10.3. The highest BCUT2D eigenvalue weighted by atomic mass is 35.5. The lowest BCUT2D eigenvalue weighted by atomic mass is 10.1. The first-order valence-corrected chi connectivity index (χ1v) is 7.41. The largest absolute Gasteiger partial charge is 0.478 e. The number of hydrogen-bond acceptors (Lipinski definition) is 3. The fourth-order valence-corrected chi connectivity index (χ4v) is 2.30. The van der Waals surface area contributed by atoms with E-state index in [1.807, 2.05) is 19.1 Å². The fourth-order valence-electron chi connectivity index (χ4n) is 2.18. The van der Waals surface area contributed by atoms with E-state index in [0.717, 1.165) is 11.5 Å². The Morgan fingerprint density at radius 1 is 1.23 bits per heavy atom. The van der Waals surface area contributed by atoms with E-state index in [-0.39, 0.29) is 5.91 Å². The Morgan fingerprint density at radius 2 is 1.86 bits per heavy atom. The summed E-state index contributed by atoms with van der Waals surface area (Å²) in [4.78, 5) is 14.2. The van der Waals surface area contributed by atoms with E-state index >= 15 is 0 Å². The molecule has 1 aromatic carbocycles. The molecule has 4 nitrogen and oxygen atoms in total. The first kappa shape index (κ1) is 16.4. The van der Waals surface area contributed by atoms with Gasteiger partial charge in [0.05, 0.1) is 6.54 Å². The standard InChI is InChI=1S/C17H20ClNO3/c1-12-5-8-15(21-12)11-19(4)16(20)17(2,3)22-14-9-6-13(18)7-10-14/h5-10H,11H2,1-4H3. The molecule has 0 saturated heterocycles. The molecule has 1 heterocycles.